The second-order valence-corrected chi connectivity index (χ2v) is 5.94. The molecule has 0 unspecified atom stereocenters. The number of rotatable bonds is 4. The van der Waals surface area contributed by atoms with Gasteiger partial charge in [-0.15, -0.1) is 11.3 Å². The minimum Gasteiger partial charge on any atom is -0.458 e. The Kier molecular flexibility index (Phi) is 3.51. The maximum Gasteiger partial charge on any atom is 0.251 e. The maximum atomic E-state index is 12.2. The molecular formula is C17H13NO4S. The Morgan fingerprint density at radius 2 is 2.04 bits per heavy atom. The van der Waals surface area contributed by atoms with E-state index in [9.17, 15) is 4.79 Å². The van der Waals surface area contributed by atoms with Gasteiger partial charge in [-0.2, -0.15) is 0 Å². The van der Waals surface area contributed by atoms with E-state index < -0.39 is 0 Å². The van der Waals surface area contributed by atoms with Crippen molar-refractivity contribution >= 4 is 17.2 Å². The molecule has 1 aliphatic rings. The SMILES string of the molecule is O=C(NCc1ccc(-c2cccs2)o1)c1ccc2c(c1)OCO2. The number of hydrogen-bond acceptors (Lipinski definition) is 5. The van der Waals surface area contributed by atoms with Crippen LogP contribution in [0.4, 0.5) is 0 Å². The van der Waals surface area contributed by atoms with E-state index >= 15 is 0 Å². The van der Waals surface area contributed by atoms with Crippen molar-refractivity contribution in [2.75, 3.05) is 6.79 Å². The number of ether oxygens (including phenoxy) is 2. The van der Waals surface area contributed by atoms with Crippen LogP contribution in [0, 0.1) is 0 Å². The average Bonchev–Trinajstić information content (AvgIpc) is 3.32. The summed E-state index contributed by atoms with van der Waals surface area (Å²) in [7, 11) is 0. The van der Waals surface area contributed by atoms with E-state index in [4.69, 9.17) is 13.9 Å². The lowest BCUT2D eigenvalue weighted by Gasteiger charge is -2.04. The second kappa shape index (κ2) is 5.81. The first-order chi connectivity index (χ1) is 11.3. The van der Waals surface area contributed by atoms with Gasteiger partial charge in [-0.05, 0) is 41.8 Å². The molecule has 0 aliphatic carbocycles. The fourth-order valence-corrected chi connectivity index (χ4v) is 3.02. The van der Waals surface area contributed by atoms with Crippen molar-refractivity contribution < 1.29 is 18.7 Å². The van der Waals surface area contributed by atoms with Gasteiger partial charge < -0.3 is 19.2 Å². The van der Waals surface area contributed by atoms with Crippen LogP contribution in [0.2, 0.25) is 0 Å². The number of carbonyl (C=O) groups excluding carboxylic acids is 1. The fraction of sp³-hybridized carbons (Fsp3) is 0.118. The lowest BCUT2D eigenvalue weighted by atomic mass is 10.2. The molecule has 2 aromatic heterocycles. The highest BCUT2D eigenvalue weighted by atomic mass is 32.1. The predicted molar refractivity (Wildman–Crippen MR) is 85.8 cm³/mol. The molecule has 0 fully saturated rings. The van der Waals surface area contributed by atoms with Crippen LogP contribution in [0.25, 0.3) is 10.6 Å². The third kappa shape index (κ3) is 2.80. The molecule has 6 heteroatoms. The van der Waals surface area contributed by atoms with Gasteiger partial charge in [0.1, 0.15) is 11.5 Å². The molecule has 0 spiro atoms. The van der Waals surface area contributed by atoms with Crippen molar-refractivity contribution in [2.24, 2.45) is 0 Å². The third-order valence-corrected chi connectivity index (χ3v) is 4.37. The Morgan fingerprint density at radius 3 is 2.91 bits per heavy atom. The molecule has 4 rings (SSSR count). The van der Waals surface area contributed by atoms with E-state index in [1.807, 2.05) is 29.6 Å². The van der Waals surface area contributed by atoms with Crippen LogP contribution >= 0.6 is 11.3 Å². The van der Waals surface area contributed by atoms with E-state index in [1.165, 1.54) is 0 Å². The summed E-state index contributed by atoms with van der Waals surface area (Å²) in [5, 5.41) is 4.84. The Morgan fingerprint density at radius 1 is 1.13 bits per heavy atom. The van der Waals surface area contributed by atoms with Crippen molar-refractivity contribution in [3.63, 3.8) is 0 Å². The van der Waals surface area contributed by atoms with Crippen molar-refractivity contribution in [3.05, 3.63) is 59.2 Å². The van der Waals surface area contributed by atoms with Gasteiger partial charge in [0.25, 0.3) is 5.91 Å². The van der Waals surface area contributed by atoms with Gasteiger partial charge in [-0.3, -0.25) is 4.79 Å². The number of benzene rings is 1. The monoisotopic (exact) mass is 327 g/mol. The highest BCUT2D eigenvalue weighted by molar-refractivity contribution is 7.13. The van der Waals surface area contributed by atoms with Gasteiger partial charge in [0, 0.05) is 5.56 Å². The molecule has 5 nitrogen and oxygen atoms in total. The largest absolute Gasteiger partial charge is 0.458 e. The van der Waals surface area contributed by atoms with Crippen molar-refractivity contribution in [1.82, 2.24) is 5.32 Å². The molecule has 0 bridgehead atoms. The molecule has 1 N–H and O–H groups in total. The van der Waals surface area contributed by atoms with E-state index in [2.05, 4.69) is 5.32 Å². The fourth-order valence-electron chi connectivity index (χ4n) is 2.33. The summed E-state index contributed by atoms with van der Waals surface area (Å²) in [6, 6.07) is 12.9. The first-order valence-corrected chi connectivity index (χ1v) is 7.98. The Bertz CT molecular complexity index is 838. The number of nitrogens with one attached hydrogen (secondary N) is 1. The van der Waals surface area contributed by atoms with Crippen molar-refractivity contribution in [3.8, 4) is 22.1 Å². The molecular weight excluding hydrogens is 314 g/mol. The molecule has 116 valence electrons. The standard InChI is InChI=1S/C17H13NO4S/c19-17(11-3-5-13-15(8-11)21-10-20-13)18-9-12-4-6-14(22-12)16-2-1-7-23-16/h1-8H,9-10H2,(H,18,19). The Hall–Kier alpha value is -2.73. The molecule has 1 aliphatic heterocycles. The Balaban J connectivity index is 1.42. The van der Waals surface area contributed by atoms with Gasteiger partial charge in [0.05, 0.1) is 11.4 Å². The van der Waals surface area contributed by atoms with Crippen molar-refractivity contribution in [2.45, 2.75) is 6.54 Å². The summed E-state index contributed by atoms with van der Waals surface area (Å²) < 4.78 is 16.2. The van der Waals surface area contributed by atoms with Gasteiger partial charge in [-0.1, -0.05) is 6.07 Å². The van der Waals surface area contributed by atoms with Gasteiger partial charge in [0.15, 0.2) is 11.5 Å². The molecule has 3 heterocycles. The smallest absolute Gasteiger partial charge is 0.251 e. The number of fused-ring (bicyclic) bond motifs is 1. The zero-order valence-electron chi connectivity index (χ0n) is 12.1. The van der Waals surface area contributed by atoms with Crippen LogP contribution < -0.4 is 14.8 Å². The first kappa shape index (κ1) is 13.9. The van der Waals surface area contributed by atoms with Crippen LogP contribution in [0.15, 0.2) is 52.3 Å². The lowest BCUT2D eigenvalue weighted by molar-refractivity contribution is 0.0947. The number of thiophene rings is 1. The molecule has 0 saturated heterocycles. The lowest BCUT2D eigenvalue weighted by Crippen LogP contribution is -2.22. The molecule has 0 atom stereocenters. The van der Waals surface area contributed by atoms with Crippen LogP contribution in [0.5, 0.6) is 11.5 Å². The summed E-state index contributed by atoms with van der Waals surface area (Å²) in [5.74, 6) is 2.59. The predicted octanol–water partition coefficient (Wildman–Crippen LogP) is 3.67. The summed E-state index contributed by atoms with van der Waals surface area (Å²) in [5.41, 5.74) is 0.527. The maximum absolute atomic E-state index is 12.2. The topological polar surface area (TPSA) is 60.7 Å². The van der Waals surface area contributed by atoms with E-state index in [0.29, 0.717) is 29.4 Å². The summed E-state index contributed by atoms with van der Waals surface area (Å²) in [6.07, 6.45) is 0. The summed E-state index contributed by atoms with van der Waals surface area (Å²) >= 11 is 1.62. The third-order valence-electron chi connectivity index (χ3n) is 3.48. The number of furan rings is 1. The first-order valence-electron chi connectivity index (χ1n) is 7.10. The average molecular weight is 327 g/mol. The second-order valence-electron chi connectivity index (χ2n) is 4.99. The zero-order valence-corrected chi connectivity index (χ0v) is 12.9. The molecule has 3 aromatic rings. The number of carbonyl (C=O) groups is 1. The summed E-state index contributed by atoms with van der Waals surface area (Å²) in [6.45, 7) is 0.525. The number of amides is 1. The van der Waals surface area contributed by atoms with Crippen LogP contribution in [-0.4, -0.2) is 12.7 Å². The van der Waals surface area contributed by atoms with E-state index in [-0.39, 0.29) is 12.7 Å². The van der Waals surface area contributed by atoms with Crippen LogP contribution in [0.3, 0.4) is 0 Å². The highest BCUT2D eigenvalue weighted by Gasteiger charge is 2.16. The zero-order chi connectivity index (χ0) is 15.6. The highest BCUT2D eigenvalue weighted by Crippen LogP contribution is 2.32. The normalized spacial score (nSPS) is 12.3. The van der Waals surface area contributed by atoms with E-state index in [0.717, 1.165) is 10.6 Å². The van der Waals surface area contributed by atoms with E-state index in [1.54, 1.807) is 29.5 Å². The van der Waals surface area contributed by atoms with Gasteiger partial charge in [0.2, 0.25) is 6.79 Å². The minimum absolute atomic E-state index is 0.183. The molecule has 0 saturated carbocycles. The Labute approximate surface area is 136 Å². The molecule has 0 radical (unpaired) electrons. The number of hydrogen-bond donors (Lipinski definition) is 1. The van der Waals surface area contributed by atoms with Crippen LogP contribution in [-0.2, 0) is 6.54 Å². The van der Waals surface area contributed by atoms with Crippen LogP contribution in [0.1, 0.15) is 16.1 Å². The van der Waals surface area contributed by atoms with Gasteiger partial charge in [-0.25, -0.2) is 0 Å². The van der Waals surface area contributed by atoms with Gasteiger partial charge >= 0.3 is 0 Å². The minimum atomic E-state index is -0.183. The van der Waals surface area contributed by atoms with Crippen molar-refractivity contribution in [1.29, 1.82) is 0 Å². The summed E-state index contributed by atoms with van der Waals surface area (Å²) in [4.78, 5) is 13.3. The molecule has 1 amide bonds. The molecule has 1 aromatic carbocycles. The quantitative estimate of drug-likeness (QED) is 0.794. The molecule has 23 heavy (non-hydrogen) atoms.